The number of hydrogen-bond donors (Lipinski definition) is 1. The average Bonchev–Trinajstić information content (AvgIpc) is 3.02. The monoisotopic (exact) mass is 599 g/mol. The van der Waals surface area contributed by atoms with Crippen LogP contribution in [-0.2, 0) is 26.2 Å². The Kier molecular flexibility index (Phi) is 11.0. The number of anilines is 1. The quantitative estimate of drug-likeness (QED) is 0.299. The summed E-state index contributed by atoms with van der Waals surface area (Å²) in [5.41, 5.74) is 0.856. The molecule has 0 spiro atoms. The van der Waals surface area contributed by atoms with Crippen molar-refractivity contribution in [3.05, 3.63) is 72.3 Å². The number of methoxy groups -OCH3 is 4. The maximum Gasteiger partial charge on any atom is 0.265 e. The smallest absolute Gasteiger partial charge is 0.265 e. The Balaban J connectivity index is 2.19. The highest BCUT2D eigenvalue weighted by molar-refractivity contribution is 7.92. The molecular formula is C30H37N3O8S. The molecule has 0 radical (unpaired) electrons. The second kappa shape index (κ2) is 14.4. The third-order valence-electron chi connectivity index (χ3n) is 6.70. The summed E-state index contributed by atoms with van der Waals surface area (Å²) in [6.45, 7) is 1.24. The van der Waals surface area contributed by atoms with E-state index in [9.17, 15) is 18.0 Å². The zero-order valence-corrected chi connectivity index (χ0v) is 25.4. The number of carbonyl (C=O) groups excluding carboxylic acids is 2. The summed E-state index contributed by atoms with van der Waals surface area (Å²) in [5.74, 6) is 0.116. The lowest BCUT2D eigenvalue weighted by Gasteiger charge is -2.33. The Morgan fingerprint density at radius 3 is 2.05 bits per heavy atom. The van der Waals surface area contributed by atoms with Gasteiger partial charge in [-0.1, -0.05) is 37.3 Å². The molecule has 0 bridgehead atoms. The lowest BCUT2D eigenvalue weighted by Crippen LogP contribution is -2.51. The number of sulfonamides is 1. The first-order chi connectivity index (χ1) is 20.1. The SMILES string of the molecule is CCC(C(=O)NC)N(Cc1ccccc1)C(=O)CN(c1cc(OC)ccc1OC)S(=O)(=O)c1ccc(OC)c(OC)c1. The lowest BCUT2D eigenvalue weighted by atomic mass is 10.1. The third-order valence-corrected chi connectivity index (χ3v) is 8.46. The van der Waals surface area contributed by atoms with E-state index in [1.807, 2.05) is 30.3 Å². The molecule has 226 valence electrons. The molecule has 0 aliphatic heterocycles. The molecule has 1 N–H and O–H groups in total. The zero-order valence-electron chi connectivity index (χ0n) is 24.6. The van der Waals surface area contributed by atoms with Crippen LogP contribution in [0.1, 0.15) is 18.9 Å². The highest BCUT2D eigenvalue weighted by Crippen LogP contribution is 2.37. The van der Waals surface area contributed by atoms with Gasteiger partial charge in [-0.3, -0.25) is 13.9 Å². The topological polar surface area (TPSA) is 124 Å². The zero-order chi connectivity index (χ0) is 30.9. The van der Waals surface area contributed by atoms with Gasteiger partial charge in [0.2, 0.25) is 11.8 Å². The number of nitrogens with one attached hydrogen (secondary N) is 1. The summed E-state index contributed by atoms with van der Waals surface area (Å²) in [4.78, 5) is 28.2. The van der Waals surface area contributed by atoms with E-state index in [0.29, 0.717) is 17.9 Å². The van der Waals surface area contributed by atoms with Crippen molar-refractivity contribution in [3.8, 4) is 23.0 Å². The first kappa shape index (κ1) is 32.1. The Morgan fingerprint density at radius 2 is 1.48 bits per heavy atom. The van der Waals surface area contributed by atoms with Crippen molar-refractivity contribution in [2.45, 2.75) is 30.8 Å². The molecule has 12 heteroatoms. The van der Waals surface area contributed by atoms with Gasteiger partial charge in [0, 0.05) is 25.7 Å². The number of carbonyl (C=O) groups is 2. The molecule has 0 fully saturated rings. The van der Waals surface area contributed by atoms with Crippen LogP contribution >= 0.6 is 0 Å². The summed E-state index contributed by atoms with van der Waals surface area (Å²) in [7, 11) is 2.75. The fraction of sp³-hybridized carbons (Fsp3) is 0.333. The van der Waals surface area contributed by atoms with Crippen LogP contribution in [0.3, 0.4) is 0 Å². The van der Waals surface area contributed by atoms with Gasteiger partial charge in [-0.15, -0.1) is 0 Å². The van der Waals surface area contributed by atoms with Crippen LogP contribution in [0.2, 0.25) is 0 Å². The summed E-state index contributed by atoms with van der Waals surface area (Å²) in [6.07, 6.45) is 0.309. The molecule has 0 aliphatic carbocycles. The molecule has 0 heterocycles. The average molecular weight is 600 g/mol. The van der Waals surface area contributed by atoms with E-state index in [1.165, 1.54) is 64.7 Å². The van der Waals surface area contributed by atoms with E-state index in [0.717, 1.165) is 9.87 Å². The van der Waals surface area contributed by atoms with Crippen LogP contribution in [-0.4, -0.2) is 73.2 Å². The number of benzene rings is 3. The third kappa shape index (κ3) is 7.06. The fourth-order valence-electron chi connectivity index (χ4n) is 4.48. The van der Waals surface area contributed by atoms with Gasteiger partial charge in [0.1, 0.15) is 24.1 Å². The molecule has 0 saturated heterocycles. The predicted molar refractivity (Wildman–Crippen MR) is 159 cm³/mol. The molecule has 3 rings (SSSR count). The largest absolute Gasteiger partial charge is 0.497 e. The number of likely N-dealkylation sites (N-methyl/N-ethyl adjacent to an activating group) is 1. The summed E-state index contributed by atoms with van der Waals surface area (Å²) < 4.78 is 51.0. The van der Waals surface area contributed by atoms with Gasteiger partial charge in [-0.05, 0) is 36.2 Å². The van der Waals surface area contributed by atoms with Crippen molar-refractivity contribution < 1.29 is 37.0 Å². The Hall–Kier alpha value is -4.45. The van der Waals surface area contributed by atoms with Gasteiger partial charge in [-0.2, -0.15) is 0 Å². The van der Waals surface area contributed by atoms with E-state index >= 15 is 0 Å². The fourth-order valence-corrected chi connectivity index (χ4v) is 5.91. The van der Waals surface area contributed by atoms with E-state index in [4.69, 9.17) is 18.9 Å². The first-order valence-corrected chi connectivity index (χ1v) is 14.6. The standard InChI is InChI=1S/C30H37N3O8S/c1-7-24(30(35)31-2)32(19-21-11-9-8-10-12-21)29(34)20-33(25-17-22(38-3)13-15-26(25)39-4)42(36,37)23-14-16-27(40-5)28(18-23)41-6/h8-18,24H,7,19-20H2,1-6H3,(H,31,35). The molecule has 42 heavy (non-hydrogen) atoms. The summed E-state index contributed by atoms with van der Waals surface area (Å²) >= 11 is 0. The molecule has 0 aliphatic rings. The molecule has 2 amide bonds. The number of rotatable bonds is 14. The van der Waals surface area contributed by atoms with Crippen molar-refractivity contribution in [2.24, 2.45) is 0 Å². The van der Waals surface area contributed by atoms with Gasteiger partial charge in [0.25, 0.3) is 10.0 Å². The van der Waals surface area contributed by atoms with Gasteiger partial charge in [0.15, 0.2) is 11.5 Å². The van der Waals surface area contributed by atoms with Crippen molar-refractivity contribution in [1.82, 2.24) is 10.2 Å². The van der Waals surface area contributed by atoms with Gasteiger partial charge in [0.05, 0.1) is 39.0 Å². The summed E-state index contributed by atoms with van der Waals surface area (Å²) in [6, 6.07) is 17.1. The van der Waals surface area contributed by atoms with Crippen LogP contribution in [0.4, 0.5) is 5.69 Å². The molecular weight excluding hydrogens is 562 g/mol. The van der Waals surface area contributed by atoms with Gasteiger partial charge < -0.3 is 29.2 Å². The maximum atomic E-state index is 14.3. The Bertz CT molecular complexity index is 1480. The lowest BCUT2D eigenvalue weighted by molar-refractivity contribution is -0.140. The van der Waals surface area contributed by atoms with Gasteiger partial charge in [-0.25, -0.2) is 8.42 Å². The molecule has 3 aromatic carbocycles. The second-order valence-corrected chi connectivity index (χ2v) is 11.0. The second-order valence-electron chi connectivity index (χ2n) is 9.11. The van der Waals surface area contributed by atoms with E-state index < -0.39 is 28.5 Å². The predicted octanol–water partition coefficient (Wildman–Crippen LogP) is 3.47. The van der Waals surface area contributed by atoms with Crippen LogP contribution in [0, 0.1) is 0 Å². The Morgan fingerprint density at radius 1 is 0.833 bits per heavy atom. The van der Waals surface area contributed by atoms with E-state index in [2.05, 4.69) is 5.32 Å². The van der Waals surface area contributed by atoms with E-state index in [1.54, 1.807) is 19.1 Å². The molecule has 0 saturated carbocycles. The van der Waals surface area contributed by atoms with Crippen LogP contribution in [0.5, 0.6) is 23.0 Å². The highest BCUT2D eigenvalue weighted by atomic mass is 32.2. The number of nitrogens with zero attached hydrogens (tertiary/aromatic N) is 2. The normalized spacial score (nSPS) is 11.7. The highest BCUT2D eigenvalue weighted by Gasteiger charge is 2.35. The van der Waals surface area contributed by atoms with Crippen LogP contribution < -0.4 is 28.6 Å². The number of amides is 2. The Labute approximate surface area is 247 Å². The van der Waals surface area contributed by atoms with Crippen molar-refractivity contribution >= 4 is 27.5 Å². The minimum atomic E-state index is -4.41. The molecule has 11 nitrogen and oxygen atoms in total. The minimum absolute atomic E-state index is 0.0765. The molecule has 1 unspecified atom stereocenters. The number of hydrogen-bond acceptors (Lipinski definition) is 8. The molecule has 3 aromatic rings. The first-order valence-electron chi connectivity index (χ1n) is 13.2. The van der Waals surface area contributed by atoms with Crippen molar-refractivity contribution in [1.29, 1.82) is 0 Å². The molecule has 1 atom stereocenters. The minimum Gasteiger partial charge on any atom is -0.497 e. The van der Waals surface area contributed by atoms with Crippen molar-refractivity contribution in [3.63, 3.8) is 0 Å². The van der Waals surface area contributed by atoms with Crippen LogP contribution in [0.25, 0.3) is 0 Å². The summed E-state index contributed by atoms with van der Waals surface area (Å²) in [5, 5.41) is 2.61. The molecule has 0 aromatic heterocycles. The maximum absolute atomic E-state index is 14.3. The van der Waals surface area contributed by atoms with Gasteiger partial charge >= 0.3 is 0 Å². The van der Waals surface area contributed by atoms with E-state index in [-0.39, 0.29) is 34.5 Å². The van der Waals surface area contributed by atoms with Crippen molar-refractivity contribution in [2.75, 3.05) is 46.3 Å². The van der Waals surface area contributed by atoms with Crippen LogP contribution in [0.15, 0.2) is 71.6 Å². The number of ether oxygens (including phenoxy) is 4.